The minimum absolute atomic E-state index is 0.0579. The average Bonchev–Trinajstić information content (AvgIpc) is 3.53. The summed E-state index contributed by atoms with van der Waals surface area (Å²) in [7, 11) is 3.17. The number of hydrogen-bond donors (Lipinski definition) is 1. The van der Waals surface area contributed by atoms with Gasteiger partial charge in [-0.1, -0.05) is 18.2 Å². The highest BCUT2D eigenvalue weighted by Crippen LogP contribution is 2.43. The van der Waals surface area contributed by atoms with E-state index in [0.29, 0.717) is 48.1 Å². The Bertz CT molecular complexity index is 1340. The van der Waals surface area contributed by atoms with Crippen LogP contribution in [0.25, 0.3) is 22.0 Å². The van der Waals surface area contributed by atoms with Crippen molar-refractivity contribution >= 4 is 28.0 Å². The Morgan fingerprint density at radius 3 is 2.46 bits per heavy atom. The Labute approximate surface area is 217 Å². The number of methoxy groups -OCH3 is 2. The van der Waals surface area contributed by atoms with Crippen LogP contribution in [-0.4, -0.2) is 55.8 Å². The van der Waals surface area contributed by atoms with Crippen LogP contribution in [0.2, 0.25) is 0 Å². The molecule has 2 aliphatic heterocycles. The fraction of sp³-hybridized carbons (Fsp3) is 0.414. The zero-order chi connectivity index (χ0) is 26.3. The van der Waals surface area contributed by atoms with Gasteiger partial charge in [-0.15, -0.1) is 0 Å². The number of carbonyl (C=O) groups is 1. The molecule has 8 heteroatoms. The number of hydrogen-bond acceptors (Lipinski definition) is 6. The molecule has 1 fully saturated rings. The molecule has 1 saturated heterocycles. The topological polar surface area (TPSA) is 80.2 Å². The van der Waals surface area contributed by atoms with E-state index in [1.807, 2.05) is 52.0 Å². The van der Waals surface area contributed by atoms with Gasteiger partial charge in [-0.05, 0) is 57.0 Å². The Balaban J connectivity index is 1.62. The Hall–Kier alpha value is -3.49. The number of carbonyl (C=O) groups excluding carboxylic acids is 1. The van der Waals surface area contributed by atoms with Crippen LogP contribution in [0, 0.1) is 0 Å². The highest BCUT2D eigenvalue weighted by molar-refractivity contribution is 6.31. The predicted molar refractivity (Wildman–Crippen MR) is 142 cm³/mol. The normalized spacial score (nSPS) is 19.1. The molecule has 37 heavy (non-hydrogen) atoms. The first-order valence-corrected chi connectivity index (χ1v) is 12.5. The molecule has 0 aliphatic carbocycles. The fourth-order valence-corrected chi connectivity index (χ4v) is 5.10. The monoisotopic (exact) mass is 506 g/mol. The SMILES string of the molecule is COc1cc(C2=C(c3cn(CC4COC(C)(C)O4)c4ccccc34)CNC2=O)cc(OC)c1OC(C)C. The molecule has 3 aromatic rings. The van der Waals surface area contributed by atoms with Crippen molar-refractivity contribution < 1.29 is 28.5 Å². The van der Waals surface area contributed by atoms with Gasteiger partial charge in [-0.2, -0.15) is 0 Å². The molecule has 8 nitrogen and oxygen atoms in total. The molecule has 1 aromatic heterocycles. The van der Waals surface area contributed by atoms with E-state index in [1.165, 1.54) is 0 Å². The molecular formula is C29H34N2O6. The van der Waals surface area contributed by atoms with Gasteiger partial charge < -0.3 is 33.6 Å². The predicted octanol–water partition coefficient (Wildman–Crippen LogP) is 4.64. The molecule has 3 heterocycles. The molecular weight excluding hydrogens is 472 g/mol. The van der Waals surface area contributed by atoms with Crippen molar-refractivity contribution in [3.05, 3.63) is 53.7 Å². The van der Waals surface area contributed by atoms with Crippen molar-refractivity contribution in [1.82, 2.24) is 9.88 Å². The highest BCUT2D eigenvalue weighted by Gasteiger charge is 2.34. The van der Waals surface area contributed by atoms with Crippen LogP contribution in [0.5, 0.6) is 17.2 Å². The number of nitrogens with zero attached hydrogens (tertiary/aromatic N) is 1. The Morgan fingerprint density at radius 1 is 1.14 bits per heavy atom. The summed E-state index contributed by atoms with van der Waals surface area (Å²) in [5.41, 5.74) is 4.30. The first-order chi connectivity index (χ1) is 17.7. The van der Waals surface area contributed by atoms with Crippen LogP contribution in [0.15, 0.2) is 42.6 Å². The lowest BCUT2D eigenvalue weighted by Gasteiger charge is -2.18. The molecule has 1 amide bonds. The lowest BCUT2D eigenvalue weighted by Crippen LogP contribution is -2.23. The Kier molecular flexibility index (Phi) is 6.64. The molecule has 5 rings (SSSR count). The summed E-state index contributed by atoms with van der Waals surface area (Å²) < 4.78 is 31.3. The van der Waals surface area contributed by atoms with Gasteiger partial charge in [-0.25, -0.2) is 0 Å². The second-order valence-corrected chi connectivity index (χ2v) is 10.1. The smallest absolute Gasteiger partial charge is 0.252 e. The first-order valence-electron chi connectivity index (χ1n) is 12.5. The Morgan fingerprint density at radius 2 is 1.84 bits per heavy atom. The van der Waals surface area contributed by atoms with E-state index in [4.69, 9.17) is 23.7 Å². The van der Waals surface area contributed by atoms with Crippen LogP contribution in [0.3, 0.4) is 0 Å². The van der Waals surface area contributed by atoms with Gasteiger partial charge in [-0.3, -0.25) is 4.79 Å². The standard InChI is InChI=1S/C29H34N2O6/c1-17(2)36-27-24(33-5)11-18(12-25(27)34-6)26-21(13-30-28(26)32)22-15-31(23-10-8-7-9-20(22)23)14-19-16-35-29(3,4)37-19/h7-12,15,17,19H,13-14,16H2,1-6H3,(H,30,32). The number of amides is 1. The van der Waals surface area contributed by atoms with E-state index in [2.05, 4.69) is 28.2 Å². The van der Waals surface area contributed by atoms with Gasteiger partial charge >= 0.3 is 0 Å². The number of nitrogens with one attached hydrogen (secondary N) is 1. The highest BCUT2D eigenvalue weighted by atomic mass is 16.7. The van der Waals surface area contributed by atoms with Crippen LogP contribution in [0.1, 0.15) is 38.8 Å². The third kappa shape index (κ3) is 4.79. The molecule has 196 valence electrons. The van der Waals surface area contributed by atoms with E-state index in [1.54, 1.807) is 14.2 Å². The molecule has 2 aromatic carbocycles. The largest absolute Gasteiger partial charge is 0.493 e. The minimum Gasteiger partial charge on any atom is -0.493 e. The number of rotatable bonds is 8. The van der Waals surface area contributed by atoms with Crippen molar-refractivity contribution in [3.63, 3.8) is 0 Å². The number of para-hydroxylation sites is 1. The number of aromatic nitrogens is 1. The quantitative estimate of drug-likeness (QED) is 0.480. The van der Waals surface area contributed by atoms with Crippen LogP contribution >= 0.6 is 0 Å². The summed E-state index contributed by atoms with van der Waals surface area (Å²) >= 11 is 0. The summed E-state index contributed by atoms with van der Waals surface area (Å²) in [6, 6.07) is 11.9. The molecule has 0 saturated carbocycles. The molecule has 1 atom stereocenters. The van der Waals surface area contributed by atoms with E-state index < -0.39 is 5.79 Å². The maximum absolute atomic E-state index is 13.2. The van der Waals surface area contributed by atoms with Gasteiger partial charge in [0, 0.05) is 29.2 Å². The molecule has 0 radical (unpaired) electrons. The van der Waals surface area contributed by atoms with Gasteiger partial charge in [0.05, 0.1) is 39.0 Å². The van der Waals surface area contributed by atoms with Crippen LogP contribution in [0.4, 0.5) is 0 Å². The van der Waals surface area contributed by atoms with E-state index in [9.17, 15) is 4.79 Å². The van der Waals surface area contributed by atoms with Gasteiger partial charge in [0.1, 0.15) is 6.10 Å². The zero-order valence-corrected chi connectivity index (χ0v) is 22.2. The van der Waals surface area contributed by atoms with Gasteiger partial charge in [0.25, 0.3) is 5.91 Å². The van der Waals surface area contributed by atoms with Crippen LogP contribution in [-0.2, 0) is 20.8 Å². The zero-order valence-electron chi connectivity index (χ0n) is 22.2. The minimum atomic E-state index is -0.586. The molecule has 0 spiro atoms. The summed E-state index contributed by atoms with van der Waals surface area (Å²) in [4.78, 5) is 13.2. The summed E-state index contributed by atoms with van der Waals surface area (Å²) in [5.74, 6) is 0.818. The second-order valence-electron chi connectivity index (χ2n) is 10.1. The number of fused-ring (bicyclic) bond motifs is 1. The average molecular weight is 507 g/mol. The maximum atomic E-state index is 13.2. The lowest BCUT2D eigenvalue weighted by atomic mass is 9.95. The lowest BCUT2D eigenvalue weighted by molar-refractivity contribution is -0.139. The first kappa shape index (κ1) is 25.2. The van der Waals surface area contributed by atoms with Crippen molar-refractivity contribution in [2.24, 2.45) is 0 Å². The number of benzene rings is 2. The summed E-state index contributed by atoms with van der Waals surface area (Å²) in [6.07, 6.45) is 1.99. The van der Waals surface area contributed by atoms with E-state index in [-0.39, 0.29) is 18.1 Å². The second kappa shape index (κ2) is 9.76. The van der Waals surface area contributed by atoms with Crippen molar-refractivity contribution in [2.45, 2.75) is 52.2 Å². The maximum Gasteiger partial charge on any atom is 0.252 e. The van der Waals surface area contributed by atoms with Crippen molar-refractivity contribution in [1.29, 1.82) is 0 Å². The number of ether oxygens (including phenoxy) is 5. The van der Waals surface area contributed by atoms with Gasteiger partial charge in [0.2, 0.25) is 5.75 Å². The van der Waals surface area contributed by atoms with Crippen LogP contribution < -0.4 is 19.5 Å². The fourth-order valence-electron chi connectivity index (χ4n) is 5.10. The molecule has 1 N–H and O–H groups in total. The third-order valence-electron chi connectivity index (χ3n) is 6.64. The van der Waals surface area contributed by atoms with E-state index >= 15 is 0 Å². The van der Waals surface area contributed by atoms with Crippen molar-refractivity contribution in [3.8, 4) is 17.2 Å². The summed E-state index contributed by atoms with van der Waals surface area (Å²) in [5, 5.41) is 4.09. The third-order valence-corrected chi connectivity index (χ3v) is 6.64. The molecule has 2 aliphatic rings. The molecule has 1 unspecified atom stereocenters. The van der Waals surface area contributed by atoms with Gasteiger partial charge in [0.15, 0.2) is 17.3 Å². The van der Waals surface area contributed by atoms with E-state index in [0.717, 1.165) is 22.0 Å². The molecule has 0 bridgehead atoms. The van der Waals surface area contributed by atoms with Crippen molar-refractivity contribution in [2.75, 3.05) is 27.4 Å². The summed E-state index contributed by atoms with van der Waals surface area (Å²) in [6.45, 7) is 9.35.